The number of ether oxygens (including phenoxy) is 4. The molecule has 1 aromatic heterocycles. The molecule has 0 bridgehead atoms. The Bertz CT molecular complexity index is 1390. The highest BCUT2D eigenvalue weighted by Crippen LogP contribution is 2.40. The van der Waals surface area contributed by atoms with Gasteiger partial charge in [-0.05, 0) is 72.1 Å². The van der Waals surface area contributed by atoms with Gasteiger partial charge in [0.2, 0.25) is 0 Å². The number of carbonyl (C=O) groups is 1. The number of nitrogens with one attached hydrogen (secondary N) is 1. The van der Waals surface area contributed by atoms with E-state index in [0.29, 0.717) is 50.2 Å². The monoisotopic (exact) mass is 538 g/mol. The van der Waals surface area contributed by atoms with E-state index in [-0.39, 0.29) is 5.75 Å². The number of amides is 1. The van der Waals surface area contributed by atoms with Crippen molar-refractivity contribution in [3.63, 3.8) is 0 Å². The van der Waals surface area contributed by atoms with Crippen LogP contribution in [-0.2, 0) is 15.9 Å². The maximum Gasteiger partial charge on any atom is 0.416 e. The fourth-order valence-electron chi connectivity index (χ4n) is 4.68. The lowest BCUT2D eigenvalue weighted by Crippen LogP contribution is -2.42. The molecular weight excluding hydrogens is 511 g/mol. The molecule has 1 unspecified atom stereocenters. The quantitative estimate of drug-likeness (QED) is 0.259. The lowest BCUT2D eigenvalue weighted by Gasteiger charge is -2.35. The van der Waals surface area contributed by atoms with E-state index in [1.54, 1.807) is 12.0 Å². The molecule has 1 amide bonds. The molecule has 0 saturated carbocycles. The Labute approximate surface area is 225 Å². The summed E-state index contributed by atoms with van der Waals surface area (Å²) in [5.41, 5.74) is 3.87. The highest BCUT2D eigenvalue weighted by Gasteiger charge is 2.35. The SMILES string of the molecule is COCCOCCOc1ccc(C2c3[nH]c4ccc(Cl)cc4c3CCN2C(=O)Oc2ccc(F)cc2)cc1. The fourth-order valence-corrected chi connectivity index (χ4v) is 4.85. The Hall–Kier alpha value is -3.59. The highest BCUT2D eigenvalue weighted by atomic mass is 35.5. The number of H-pyrrole nitrogens is 1. The van der Waals surface area contributed by atoms with Crippen LogP contribution < -0.4 is 9.47 Å². The van der Waals surface area contributed by atoms with E-state index in [1.807, 2.05) is 42.5 Å². The summed E-state index contributed by atoms with van der Waals surface area (Å²) < 4.78 is 35.2. The number of fused-ring (bicyclic) bond motifs is 3. The first-order chi connectivity index (χ1) is 18.5. The number of aromatic amines is 1. The molecular formula is C29H28ClFN2O5. The number of nitrogens with zero attached hydrogens (tertiary/aromatic N) is 1. The summed E-state index contributed by atoms with van der Waals surface area (Å²) >= 11 is 6.29. The van der Waals surface area contributed by atoms with E-state index in [2.05, 4.69) is 4.98 Å². The third kappa shape index (κ3) is 5.78. The zero-order valence-electron chi connectivity index (χ0n) is 20.9. The van der Waals surface area contributed by atoms with Crippen LogP contribution in [0.3, 0.4) is 0 Å². The van der Waals surface area contributed by atoms with E-state index >= 15 is 0 Å². The molecule has 1 N–H and O–H groups in total. The topological polar surface area (TPSA) is 73.0 Å². The molecule has 5 rings (SSSR count). The normalized spacial score (nSPS) is 14.9. The van der Waals surface area contributed by atoms with Gasteiger partial charge >= 0.3 is 6.09 Å². The summed E-state index contributed by atoms with van der Waals surface area (Å²) in [5.74, 6) is 0.579. The second kappa shape index (κ2) is 11.9. The van der Waals surface area contributed by atoms with E-state index < -0.39 is 18.0 Å². The summed E-state index contributed by atoms with van der Waals surface area (Å²) in [6.07, 6.45) is 0.118. The van der Waals surface area contributed by atoms with Gasteiger partial charge in [-0.2, -0.15) is 0 Å². The summed E-state index contributed by atoms with van der Waals surface area (Å²) in [6.45, 7) is 2.36. The van der Waals surface area contributed by atoms with Gasteiger partial charge in [0.25, 0.3) is 0 Å². The average molecular weight is 539 g/mol. The van der Waals surface area contributed by atoms with E-state index in [0.717, 1.165) is 27.7 Å². The van der Waals surface area contributed by atoms with Crippen molar-refractivity contribution in [2.45, 2.75) is 12.5 Å². The minimum absolute atomic E-state index is 0.279. The lowest BCUT2D eigenvalue weighted by atomic mass is 9.92. The van der Waals surface area contributed by atoms with Crippen molar-refractivity contribution >= 4 is 28.6 Å². The van der Waals surface area contributed by atoms with Crippen LogP contribution in [0.5, 0.6) is 11.5 Å². The second-order valence-corrected chi connectivity index (χ2v) is 9.33. The number of rotatable bonds is 9. The predicted molar refractivity (Wildman–Crippen MR) is 143 cm³/mol. The molecule has 3 aromatic carbocycles. The average Bonchev–Trinajstić information content (AvgIpc) is 3.29. The highest BCUT2D eigenvalue weighted by molar-refractivity contribution is 6.31. The van der Waals surface area contributed by atoms with Crippen molar-refractivity contribution in [1.82, 2.24) is 9.88 Å². The van der Waals surface area contributed by atoms with Crippen molar-refractivity contribution < 1.29 is 28.1 Å². The van der Waals surface area contributed by atoms with Gasteiger partial charge in [0.1, 0.15) is 30.0 Å². The summed E-state index contributed by atoms with van der Waals surface area (Å²) in [4.78, 5) is 18.5. The van der Waals surface area contributed by atoms with Crippen molar-refractivity contribution in [2.24, 2.45) is 0 Å². The van der Waals surface area contributed by atoms with Gasteiger partial charge in [0.05, 0.1) is 19.8 Å². The van der Waals surface area contributed by atoms with E-state index in [9.17, 15) is 9.18 Å². The molecule has 198 valence electrons. The third-order valence-electron chi connectivity index (χ3n) is 6.47. The molecule has 38 heavy (non-hydrogen) atoms. The van der Waals surface area contributed by atoms with Crippen molar-refractivity contribution in [3.8, 4) is 11.5 Å². The van der Waals surface area contributed by atoms with Gasteiger partial charge in [-0.15, -0.1) is 0 Å². The molecule has 2 heterocycles. The smallest absolute Gasteiger partial charge is 0.416 e. The number of carbonyl (C=O) groups excluding carboxylic acids is 1. The second-order valence-electron chi connectivity index (χ2n) is 8.90. The Morgan fingerprint density at radius 2 is 1.74 bits per heavy atom. The Morgan fingerprint density at radius 3 is 2.50 bits per heavy atom. The number of aromatic nitrogens is 1. The lowest BCUT2D eigenvalue weighted by molar-refractivity contribution is 0.0544. The standard InChI is InChI=1S/C29H28ClFN2O5/c1-35-14-15-36-16-17-37-22-7-2-19(3-8-22)28-27-24(25-18-20(30)4-11-26(25)32-27)12-13-33(28)29(34)38-23-9-5-21(31)6-10-23/h2-11,18,28,32H,12-17H2,1H3. The molecule has 4 aromatic rings. The van der Waals surface area contributed by atoms with Crippen molar-refractivity contribution in [1.29, 1.82) is 0 Å². The number of halogens is 2. The van der Waals surface area contributed by atoms with E-state index in [4.69, 9.17) is 30.5 Å². The van der Waals surface area contributed by atoms with Crippen LogP contribution >= 0.6 is 11.6 Å². The van der Waals surface area contributed by atoms with Gasteiger partial charge < -0.3 is 23.9 Å². The molecule has 1 aliphatic heterocycles. The molecule has 1 atom stereocenters. The van der Waals surface area contributed by atoms with Gasteiger partial charge in [-0.3, -0.25) is 4.90 Å². The molecule has 0 aliphatic carbocycles. The number of hydrogen-bond acceptors (Lipinski definition) is 5. The van der Waals surface area contributed by atoms with Gasteiger partial charge in [-0.1, -0.05) is 23.7 Å². The van der Waals surface area contributed by atoms with Gasteiger partial charge in [0, 0.05) is 35.3 Å². The Kier molecular flexibility index (Phi) is 8.12. The fraction of sp³-hybridized carbons (Fsp3) is 0.276. The molecule has 0 saturated heterocycles. The zero-order valence-corrected chi connectivity index (χ0v) is 21.7. The van der Waals surface area contributed by atoms with Crippen LogP contribution in [0.15, 0.2) is 66.7 Å². The van der Waals surface area contributed by atoms with Crippen LogP contribution in [0.1, 0.15) is 22.9 Å². The van der Waals surface area contributed by atoms with Crippen molar-refractivity contribution in [2.75, 3.05) is 40.1 Å². The summed E-state index contributed by atoms with van der Waals surface area (Å²) in [7, 11) is 1.63. The van der Waals surface area contributed by atoms with Crippen molar-refractivity contribution in [3.05, 3.63) is 94.4 Å². The van der Waals surface area contributed by atoms with E-state index in [1.165, 1.54) is 24.3 Å². The van der Waals surface area contributed by atoms with Crippen LogP contribution in [0.2, 0.25) is 5.02 Å². The first-order valence-corrected chi connectivity index (χ1v) is 12.7. The summed E-state index contributed by atoms with van der Waals surface area (Å²) in [5, 5.41) is 1.69. The Morgan fingerprint density at radius 1 is 1.00 bits per heavy atom. The summed E-state index contributed by atoms with van der Waals surface area (Å²) in [6, 6.07) is 18.3. The van der Waals surface area contributed by atoms with Crippen LogP contribution in [0.25, 0.3) is 10.9 Å². The first kappa shape index (κ1) is 26.0. The number of benzene rings is 3. The molecule has 7 nitrogen and oxygen atoms in total. The maximum atomic E-state index is 13.4. The largest absolute Gasteiger partial charge is 0.491 e. The van der Waals surface area contributed by atoms with Gasteiger partial charge in [0.15, 0.2) is 0 Å². The van der Waals surface area contributed by atoms with Crippen LogP contribution in [-0.4, -0.2) is 56.1 Å². The number of hydrogen-bond donors (Lipinski definition) is 1. The molecule has 1 aliphatic rings. The van der Waals surface area contributed by atoms with Gasteiger partial charge in [-0.25, -0.2) is 9.18 Å². The van der Waals surface area contributed by atoms with Crippen LogP contribution in [0.4, 0.5) is 9.18 Å². The Balaban J connectivity index is 1.41. The molecule has 0 fully saturated rings. The maximum absolute atomic E-state index is 13.4. The number of methoxy groups -OCH3 is 1. The zero-order chi connectivity index (χ0) is 26.5. The first-order valence-electron chi connectivity index (χ1n) is 12.4. The molecule has 0 spiro atoms. The molecule has 0 radical (unpaired) electrons. The predicted octanol–water partition coefficient (Wildman–Crippen LogP) is 6.15. The van der Waals surface area contributed by atoms with Crippen LogP contribution in [0, 0.1) is 5.82 Å². The minimum atomic E-state index is -0.516. The minimum Gasteiger partial charge on any atom is -0.491 e. The molecule has 9 heteroatoms. The third-order valence-corrected chi connectivity index (χ3v) is 6.70.